The van der Waals surface area contributed by atoms with E-state index in [-0.39, 0.29) is 31.1 Å². The molecule has 0 aromatic heterocycles. The summed E-state index contributed by atoms with van der Waals surface area (Å²) in [6.07, 6.45) is 55.4. The van der Waals surface area contributed by atoms with E-state index in [0.29, 0.717) is 19.3 Å². The second-order valence-corrected chi connectivity index (χ2v) is 18.9. The predicted octanol–water partition coefficient (Wildman–Crippen LogP) is 18.0. The van der Waals surface area contributed by atoms with Crippen molar-refractivity contribution in [2.45, 2.75) is 322 Å². The van der Waals surface area contributed by atoms with Crippen LogP contribution in [-0.4, -0.2) is 37.2 Å². The molecule has 6 nitrogen and oxygen atoms in total. The topological polar surface area (TPSA) is 78.9 Å². The first-order chi connectivity index (χ1) is 30.0. The highest BCUT2D eigenvalue weighted by atomic mass is 16.6. The fourth-order valence-electron chi connectivity index (χ4n) is 8.45. The van der Waals surface area contributed by atoms with E-state index in [1.54, 1.807) is 0 Å². The van der Waals surface area contributed by atoms with Crippen molar-refractivity contribution in [3.8, 4) is 0 Å². The molecule has 0 heterocycles. The predicted molar refractivity (Wildman–Crippen MR) is 261 cm³/mol. The molecule has 0 aliphatic heterocycles. The summed E-state index contributed by atoms with van der Waals surface area (Å²) in [6, 6.07) is 0. The second kappa shape index (κ2) is 51.0. The quantitative estimate of drug-likeness (QED) is 0.0344. The van der Waals surface area contributed by atoms with E-state index < -0.39 is 6.10 Å². The summed E-state index contributed by atoms with van der Waals surface area (Å²) >= 11 is 0. The Labute approximate surface area is 380 Å². The van der Waals surface area contributed by atoms with Crippen molar-refractivity contribution in [3.05, 3.63) is 0 Å². The second-order valence-electron chi connectivity index (χ2n) is 18.9. The van der Waals surface area contributed by atoms with Gasteiger partial charge in [-0.1, -0.05) is 278 Å². The molecule has 0 radical (unpaired) electrons. The van der Waals surface area contributed by atoms with E-state index in [1.807, 2.05) is 0 Å². The van der Waals surface area contributed by atoms with Gasteiger partial charge in [0, 0.05) is 19.3 Å². The van der Waals surface area contributed by atoms with Crippen LogP contribution in [0.3, 0.4) is 0 Å². The van der Waals surface area contributed by atoms with E-state index in [0.717, 1.165) is 57.8 Å². The van der Waals surface area contributed by atoms with Gasteiger partial charge in [0.05, 0.1) is 0 Å². The molecule has 0 rings (SSSR count). The summed E-state index contributed by atoms with van der Waals surface area (Å²) in [4.78, 5) is 37.9. The number of carbonyl (C=O) groups excluding carboxylic acids is 3. The average Bonchev–Trinajstić information content (AvgIpc) is 3.26. The van der Waals surface area contributed by atoms with Gasteiger partial charge in [0.2, 0.25) is 0 Å². The number of carbonyl (C=O) groups is 3. The van der Waals surface area contributed by atoms with Crippen molar-refractivity contribution in [1.82, 2.24) is 0 Å². The van der Waals surface area contributed by atoms with Gasteiger partial charge in [0.25, 0.3) is 0 Å². The Morgan fingerprint density at radius 2 is 0.443 bits per heavy atom. The number of hydrogen-bond acceptors (Lipinski definition) is 6. The Kier molecular flexibility index (Phi) is 49.7. The standard InChI is InChI=1S/C55H106O6/c1-4-7-10-13-16-18-20-22-24-26-27-29-30-32-34-36-39-42-45-48-54(57)60-51-52(50-59-53(56)47-44-41-38-15-12-9-6-3)61-55(58)49-46-43-40-37-35-33-31-28-25-23-21-19-17-14-11-8-5-2/h52H,4-51H2,1-3H3/t52-/m1/s1. The molecule has 0 aliphatic carbocycles. The third-order valence-electron chi connectivity index (χ3n) is 12.6. The van der Waals surface area contributed by atoms with Crippen LogP contribution in [0.1, 0.15) is 316 Å². The monoisotopic (exact) mass is 863 g/mol. The van der Waals surface area contributed by atoms with Crippen molar-refractivity contribution in [3.63, 3.8) is 0 Å². The number of rotatable bonds is 51. The Morgan fingerprint density at radius 1 is 0.262 bits per heavy atom. The number of ether oxygens (including phenoxy) is 3. The van der Waals surface area contributed by atoms with Gasteiger partial charge in [-0.25, -0.2) is 0 Å². The average molecular weight is 863 g/mol. The zero-order valence-corrected chi connectivity index (χ0v) is 41.5. The summed E-state index contributed by atoms with van der Waals surface area (Å²) in [6.45, 7) is 6.66. The molecule has 0 fully saturated rings. The summed E-state index contributed by atoms with van der Waals surface area (Å²) < 4.78 is 16.8. The molecule has 61 heavy (non-hydrogen) atoms. The smallest absolute Gasteiger partial charge is 0.306 e. The van der Waals surface area contributed by atoms with Gasteiger partial charge in [-0.15, -0.1) is 0 Å². The van der Waals surface area contributed by atoms with Crippen LogP contribution in [0.25, 0.3) is 0 Å². The molecule has 0 aromatic carbocycles. The fourth-order valence-corrected chi connectivity index (χ4v) is 8.45. The van der Waals surface area contributed by atoms with E-state index in [4.69, 9.17) is 14.2 Å². The third kappa shape index (κ3) is 49.3. The van der Waals surface area contributed by atoms with Crippen LogP contribution < -0.4 is 0 Å². The lowest BCUT2D eigenvalue weighted by Crippen LogP contribution is -2.30. The van der Waals surface area contributed by atoms with E-state index in [2.05, 4.69) is 20.8 Å². The molecule has 0 aromatic rings. The van der Waals surface area contributed by atoms with E-state index in [9.17, 15) is 14.4 Å². The normalized spacial score (nSPS) is 11.9. The lowest BCUT2D eigenvalue weighted by atomic mass is 10.0. The first kappa shape index (κ1) is 59.4. The maximum Gasteiger partial charge on any atom is 0.306 e. The molecule has 0 aliphatic rings. The molecule has 362 valence electrons. The van der Waals surface area contributed by atoms with Crippen LogP contribution in [-0.2, 0) is 28.6 Å². The highest BCUT2D eigenvalue weighted by Gasteiger charge is 2.19. The molecule has 1 atom stereocenters. The lowest BCUT2D eigenvalue weighted by molar-refractivity contribution is -0.167. The van der Waals surface area contributed by atoms with Gasteiger partial charge in [-0.3, -0.25) is 14.4 Å². The van der Waals surface area contributed by atoms with Gasteiger partial charge >= 0.3 is 17.9 Å². The minimum atomic E-state index is -0.759. The van der Waals surface area contributed by atoms with Crippen LogP contribution >= 0.6 is 0 Å². The van der Waals surface area contributed by atoms with Crippen molar-refractivity contribution >= 4 is 17.9 Å². The summed E-state index contributed by atoms with van der Waals surface area (Å²) in [5, 5.41) is 0. The van der Waals surface area contributed by atoms with Crippen LogP contribution in [0.15, 0.2) is 0 Å². The lowest BCUT2D eigenvalue weighted by Gasteiger charge is -2.18. The number of hydrogen-bond donors (Lipinski definition) is 0. The van der Waals surface area contributed by atoms with Crippen LogP contribution in [0.4, 0.5) is 0 Å². The number of esters is 3. The van der Waals surface area contributed by atoms with Crippen LogP contribution in [0.2, 0.25) is 0 Å². The summed E-state index contributed by atoms with van der Waals surface area (Å²) in [5.74, 6) is -0.845. The van der Waals surface area contributed by atoms with Gasteiger partial charge in [-0.2, -0.15) is 0 Å². The Balaban J connectivity index is 4.15. The highest BCUT2D eigenvalue weighted by Crippen LogP contribution is 2.17. The summed E-state index contributed by atoms with van der Waals surface area (Å²) in [5.41, 5.74) is 0. The first-order valence-electron chi connectivity index (χ1n) is 27.5. The molecule has 0 unspecified atom stereocenters. The molecule has 0 saturated carbocycles. The van der Waals surface area contributed by atoms with Crippen molar-refractivity contribution in [2.75, 3.05) is 13.2 Å². The van der Waals surface area contributed by atoms with Crippen LogP contribution in [0.5, 0.6) is 0 Å². The molecule has 0 saturated heterocycles. The van der Waals surface area contributed by atoms with Crippen LogP contribution in [0, 0.1) is 0 Å². The maximum absolute atomic E-state index is 12.8. The number of unbranched alkanes of at least 4 members (excludes halogenated alkanes) is 40. The van der Waals surface area contributed by atoms with E-state index in [1.165, 1.54) is 218 Å². The van der Waals surface area contributed by atoms with Gasteiger partial charge in [0.15, 0.2) is 6.10 Å². The Hall–Kier alpha value is -1.59. The van der Waals surface area contributed by atoms with Crippen molar-refractivity contribution in [2.24, 2.45) is 0 Å². The minimum Gasteiger partial charge on any atom is -0.462 e. The molecular formula is C55H106O6. The molecular weight excluding hydrogens is 757 g/mol. The largest absolute Gasteiger partial charge is 0.462 e. The van der Waals surface area contributed by atoms with Crippen molar-refractivity contribution in [1.29, 1.82) is 0 Å². The Morgan fingerprint density at radius 3 is 0.656 bits per heavy atom. The molecule has 0 bridgehead atoms. The van der Waals surface area contributed by atoms with Gasteiger partial charge in [0.1, 0.15) is 13.2 Å². The molecule has 0 spiro atoms. The van der Waals surface area contributed by atoms with E-state index >= 15 is 0 Å². The zero-order valence-electron chi connectivity index (χ0n) is 41.5. The highest BCUT2D eigenvalue weighted by molar-refractivity contribution is 5.71. The molecule has 0 N–H and O–H groups in total. The SMILES string of the molecule is CCCCCCCCCCCCCCCCCCCCCC(=O)OC[C@@H](COC(=O)CCCCCCCCC)OC(=O)CCCCCCCCCCCCCCCCCCC. The maximum atomic E-state index is 12.8. The minimum absolute atomic E-state index is 0.0620. The first-order valence-corrected chi connectivity index (χ1v) is 27.5. The molecule has 6 heteroatoms. The van der Waals surface area contributed by atoms with Gasteiger partial charge in [-0.05, 0) is 19.3 Å². The zero-order chi connectivity index (χ0) is 44.4. The molecule has 0 amide bonds. The fraction of sp³-hybridized carbons (Fsp3) is 0.945. The summed E-state index contributed by atoms with van der Waals surface area (Å²) in [7, 11) is 0. The van der Waals surface area contributed by atoms with Gasteiger partial charge < -0.3 is 14.2 Å². The third-order valence-corrected chi connectivity index (χ3v) is 12.6. The van der Waals surface area contributed by atoms with Crippen molar-refractivity contribution < 1.29 is 28.6 Å². The Bertz CT molecular complexity index is 905.